The Kier molecular flexibility index (Phi) is 5.51. The highest BCUT2D eigenvalue weighted by Crippen LogP contribution is 2.32. The smallest absolute Gasteiger partial charge is 0.261 e. The maximum atomic E-state index is 12.0. The van der Waals surface area contributed by atoms with Gasteiger partial charge in [0.2, 0.25) is 0 Å². The molecule has 0 spiro atoms. The molecule has 2 aromatic rings. The lowest BCUT2D eigenvalue weighted by Crippen LogP contribution is -2.29. The van der Waals surface area contributed by atoms with E-state index in [1.54, 1.807) is 6.21 Å². The van der Waals surface area contributed by atoms with Crippen LogP contribution in [0, 0.1) is 0 Å². The summed E-state index contributed by atoms with van der Waals surface area (Å²) in [6, 6.07) is 15.0. The van der Waals surface area contributed by atoms with Gasteiger partial charge in [-0.15, -0.1) is 0 Å². The lowest BCUT2D eigenvalue weighted by molar-refractivity contribution is -0.126. The number of carbonyl (C=O) groups is 1. The van der Waals surface area contributed by atoms with Gasteiger partial charge in [-0.25, -0.2) is 0 Å². The minimum Gasteiger partial charge on any atom is -0.486 e. The first-order chi connectivity index (χ1) is 12.2. The molecule has 1 N–H and O–H groups in total. The molecule has 1 aliphatic rings. The number of oxime groups is 1. The van der Waals surface area contributed by atoms with Crippen molar-refractivity contribution in [2.24, 2.45) is 5.16 Å². The Labute approximate surface area is 146 Å². The van der Waals surface area contributed by atoms with Crippen molar-refractivity contribution < 1.29 is 19.1 Å². The fourth-order valence-electron chi connectivity index (χ4n) is 2.43. The average molecular weight is 340 g/mol. The highest BCUT2D eigenvalue weighted by atomic mass is 16.6. The number of ether oxygens (including phenoxy) is 2. The molecule has 1 aliphatic heterocycles. The maximum Gasteiger partial charge on any atom is 0.261 e. The van der Waals surface area contributed by atoms with Gasteiger partial charge in [-0.2, -0.15) is 0 Å². The molecule has 0 aromatic heterocycles. The first-order valence-corrected chi connectivity index (χ1v) is 8.11. The molecule has 1 heterocycles. The lowest BCUT2D eigenvalue weighted by Gasteiger charge is -2.21. The zero-order valence-corrected chi connectivity index (χ0v) is 14.0. The minimum atomic E-state index is -0.243. The summed E-state index contributed by atoms with van der Waals surface area (Å²) in [4.78, 5) is 17.0. The highest BCUT2D eigenvalue weighted by molar-refractivity contribution is 5.79. The van der Waals surface area contributed by atoms with E-state index >= 15 is 0 Å². The number of nitrogens with one attached hydrogen (secondary N) is 1. The number of fused-ring (bicyclic) bond motifs is 1. The van der Waals surface area contributed by atoms with Crippen LogP contribution in [-0.4, -0.2) is 31.9 Å². The molecule has 0 bridgehead atoms. The molecule has 6 nitrogen and oxygen atoms in total. The van der Waals surface area contributed by atoms with E-state index < -0.39 is 0 Å². The molecule has 25 heavy (non-hydrogen) atoms. The SMILES string of the molecule is CC(NC(=O)CO/N=C/c1ccccc1)c1ccc2c(c1)OCCO2. The summed E-state index contributed by atoms with van der Waals surface area (Å²) in [5.41, 5.74) is 1.85. The molecule has 0 saturated carbocycles. The average Bonchev–Trinajstić information content (AvgIpc) is 2.65. The molecule has 1 atom stereocenters. The molecule has 0 fully saturated rings. The fraction of sp³-hybridized carbons (Fsp3) is 0.263. The predicted octanol–water partition coefficient (Wildman–Crippen LogP) is 2.69. The van der Waals surface area contributed by atoms with Gasteiger partial charge < -0.3 is 19.6 Å². The summed E-state index contributed by atoms with van der Waals surface area (Å²) in [6.07, 6.45) is 1.57. The molecule has 3 rings (SSSR count). The zero-order valence-electron chi connectivity index (χ0n) is 14.0. The number of benzene rings is 2. The summed E-state index contributed by atoms with van der Waals surface area (Å²) < 4.78 is 11.1. The van der Waals surface area contributed by atoms with Crippen molar-refractivity contribution >= 4 is 12.1 Å². The van der Waals surface area contributed by atoms with Crippen LogP contribution < -0.4 is 14.8 Å². The predicted molar refractivity (Wildman–Crippen MR) is 94.0 cm³/mol. The van der Waals surface area contributed by atoms with Gasteiger partial charge in [0.25, 0.3) is 5.91 Å². The fourth-order valence-corrected chi connectivity index (χ4v) is 2.43. The van der Waals surface area contributed by atoms with Crippen molar-refractivity contribution in [3.05, 3.63) is 59.7 Å². The minimum absolute atomic E-state index is 0.141. The van der Waals surface area contributed by atoms with E-state index in [9.17, 15) is 4.79 Å². The second-order valence-corrected chi connectivity index (χ2v) is 5.61. The molecule has 1 amide bonds. The summed E-state index contributed by atoms with van der Waals surface area (Å²) in [7, 11) is 0. The van der Waals surface area contributed by atoms with Crippen molar-refractivity contribution in [1.82, 2.24) is 5.32 Å². The van der Waals surface area contributed by atoms with Crippen LogP contribution in [0.5, 0.6) is 11.5 Å². The largest absolute Gasteiger partial charge is 0.486 e. The van der Waals surface area contributed by atoms with Crippen molar-refractivity contribution in [3.8, 4) is 11.5 Å². The van der Waals surface area contributed by atoms with Crippen LogP contribution in [-0.2, 0) is 9.63 Å². The van der Waals surface area contributed by atoms with Gasteiger partial charge in [-0.05, 0) is 30.2 Å². The second-order valence-electron chi connectivity index (χ2n) is 5.61. The monoisotopic (exact) mass is 340 g/mol. The summed E-state index contributed by atoms with van der Waals surface area (Å²) in [6.45, 7) is 2.85. The van der Waals surface area contributed by atoms with Gasteiger partial charge in [0.05, 0.1) is 12.3 Å². The summed E-state index contributed by atoms with van der Waals surface area (Å²) in [5.74, 6) is 1.19. The highest BCUT2D eigenvalue weighted by Gasteiger charge is 2.15. The van der Waals surface area contributed by atoms with E-state index in [0.29, 0.717) is 19.0 Å². The van der Waals surface area contributed by atoms with E-state index in [1.165, 1.54) is 0 Å². The number of hydrogen-bond acceptors (Lipinski definition) is 5. The van der Waals surface area contributed by atoms with Crippen LogP contribution in [0.1, 0.15) is 24.1 Å². The molecular formula is C19H20N2O4. The van der Waals surface area contributed by atoms with Gasteiger partial charge in [0, 0.05) is 0 Å². The summed E-state index contributed by atoms with van der Waals surface area (Å²) in [5, 5.41) is 6.66. The van der Waals surface area contributed by atoms with Crippen LogP contribution in [0.2, 0.25) is 0 Å². The molecule has 6 heteroatoms. The molecule has 130 valence electrons. The molecular weight excluding hydrogens is 320 g/mol. The molecule has 0 aliphatic carbocycles. The quantitative estimate of drug-likeness (QED) is 0.648. The van der Waals surface area contributed by atoms with Gasteiger partial charge in [-0.3, -0.25) is 4.79 Å². The Morgan fingerprint density at radius 3 is 2.76 bits per heavy atom. The third kappa shape index (κ3) is 4.73. The molecule has 0 saturated heterocycles. The van der Waals surface area contributed by atoms with E-state index in [4.69, 9.17) is 14.3 Å². The molecule has 1 unspecified atom stereocenters. The number of amides is 1. The van der Waals surface area contributed by atoms with Crippen molar-refractivity contribution in [3.63, 3.8) is 0 Å². The third-order valence-corrected chi connectivity index (χ3v) is 3.72. The van der Waals surface area contributed by atoms with Crippen LogP contribution >= 0.6 is 0 Å². The van der Waals surface area contributed by atoms with Gasteiger partial charge >= 0.3 is 0 Å². The normalized spacial score (nSPS) is 14.1. The van der Waals surface area contributed by atoms with Gasteiger partial charge in [0.15, 0.2) is 18.1 Å². The Balaban J connectivity index is 1.48. The Hall–Kier alpha value is -3.02. The number of carbonyl (C=O) groups excluding carboxylic acids is 1. The number of rotatable bonds is 6. The Morgan fingerprint density at radius 1 is 1.20 bits per heavy atom. The summed E-state index contributed by atoms with van der Waals surface area (Å²) >= 11 is 0. The molecule has 2 aromatic carbocycles. The third-order valence-electron chi connectivity index (χ3n) is 3.72. The van der Waals surface area contributed by atoms with Crippen LogP contribution in [0.25, 0.3) is 0 Å². The van der Waals surface area contributed by atoms with Gasteiger partial charge in [0.1, 0.15) is 13.2 Å². The van der Waals surface area contributed by atoms with E-state index in [1.807, 2.05) is 55.5 Å². The second kappa shape index (κ2) is 8.19. The Bertz CT molecular complexity index is 746. The van der Waals surface area contributed by atoms with E-state index in [-0.39, 0.29) is 18.6 Å². The number of hydrogen-bond donors (Lipinski definition) is 1. The van der Waals surface area contributed by atoms with Crippen LogP contribution in [0.4, 0.5) is 0 Å². The van der Waals surface area contributed by atoms with Gasteiger partial charge in [-0.1, -0.05) is 41.6 Å². The van der Waals surface area contributed by atoms with Crippen LogP contribution in [0.3, 0.4) is 0 Å². The van der Waals surface area contributed by atoms with E-state index in [0.717, 1.165) is 16.9 Å². The topological polar surface area (TPSA) is 69.2 Å². The van der Waals surface area contributed by atoms with Crippen molar-refractivity contribution in [2.45, 2.75) is 13.0 Å². The van der Waals surface area contributed by atoms with Crippen molar-refractivity contribution in [2.75, 3.05) is 19.8 Å². The zero-order chi connectivity index (χ0) is 17.5. The maximum absolute atomic E-state index is 12.0. The number of nitrogens with zero attached hydrogens (tertiary/aromatic N) is 1. The Morgan fingerprint density at radius 2 is 1.96 bits per heavy atom. The van der Waals surface area contributed by atoms with Crippen molar-refractivity contribution in [1.29, 1.82) is 0 Å². The lowest BCUT2D eigenvalue weighted by atomic mass is 10.1. The standard InChI is InChI=1S/C19H20N2O4/c1-14(16-7-8-17-18(11-16)24-10-9-23-17)21-19(22)13-25-20-12-15-5-3-2-4-6-15/h2-8,11-12,14H,9-10,13H2,1H3,(H,21,22)/b20-12+. The molecule has 0 radical (unpaired) electrons. The first kappa shape index (κ1) is 16.8. The first-order valence-electron chi connectivity index (χ1n) is 8.11. The van der Waals surface area contributed by atoms with E-state index in [2.05, 4.69) is 10.5 Å². The van der Waals surface area contributed by atoms with Crippen LogP contribution in [0.15, 0.2) is 53.7 Å².